The lowest BCUT2D eigenvalue weighted by molar-refractivity contribution is -0.136. The number of nitrogens with one attached hydrogen (secondary N) is 1. The van der Waals surface area contributed by atoms with E-state index in [2.05, 4.69) is 10.3 Å². The van der Waals surface area contributed by atoms with Gasteiger partial charge in [0.15, 0.2) is 5.13 Å². The Morgan fingerprint density at radius 2 is 2.07 bits per heavy atom. The van der Waals surface area contributed by atoms with Crippen LogP contribution >= 0.6 is 22.7 Å². The molecular weight excluding hydrogens is 395 g/mol. The molecule has 142 valence electrons. The monoisotopic (exact) mass is 411 g/mol. The second kappa shape index (κ2) is 7.12. The number of thiazole rings is 1. The number of para-hydroxylation sites is 1. The Labute approximate surface area is 161 Å². The minimum atomic E-state index is -4.43. The molecule has 27 heavy (non-hydrogen) atoms. The number of fused-ring (bicyclic) bond motifs is 1. The van der Waals surface area contributed by atoms with Crippen molar-refractivity contribution in [3.05, 3.63) is 46.2 Å². The van der Waals surface area contributed by atoms with Crippen LogP contribution in [0.4, 0.5) is 18.3 Å². The average molecular weight is 411 g/mol. The van der Waals surface area contributed by atoms with Gasteiger partial charge in [0.05, 0.1) is 21.7 Å². The number of alkyl halides is 3. The van der Waals surface area contributed by atoms with Crippen LogP contribution in [0.25, 0.3) is 10.2 Å². The van der Waals surface area contributed by atoms with Crippen LogP contribution in [0.15, 0.2) is 35.7 Å². The molecule has 1 saturated heterocycles. The molecule has 0 radical (unpaired) electrons. The number of benzene rings is 1. The summed E-state index contributed by atoms with van der Waals surface area (Å²) in [5, 5.41) is 5.46. The Morgan fingerprint density at radius 3 is 2.78 bits per heavy atom. The Bertz CT molecular complexity index is 947. The molecule has 9 heteroatoms. The second-order valence-corrected chi connectivity index (χ2v) is 8.41. The van der Waals surface area contributed by atoms with Gasteiger partial charge in [-0.05, 0) is 30.0 Å². The highest BCUT2D eigenvalue weighted by Crippen LogP contribution is 2.39. The molecule has 3 aromatic rings. The van der Waals surface area contributed by atoms with Crippen LogP contribution in [0.3, 0.4) is 0 Å². The van der Waals surface area contributed by atoms with Crippen LogP contribution in [-0.4, -0.2) is 30.5 Å². The van der Waals surface area contributed by atoms with Gasteiger partial charge in [-0.15, -0.1) is 11.3 Å². The molecule has 0 aliphatic carbocycles. The van der Waals surface area contributed by atoms with Gasteiger partial charge in [-0.2, -0.15) is 13.2 Å². The zero-order chi connectivity index (χ0) is 19.0. The van der Waals surface area contributed by atoms with Crippen molar-refractivity contribution in [2.45, 2.75) is 12.6 Å². The lowest BCUT2D eigenvalue weighted by Gasteiger charge is -2.37. The van der Waals surface area contributed by atoms with E-state index in [0.717, 1.165) is 12.5 Å². The number of halogens is 3. The summed E-state index contributed by atoms with van der Waals surface area (Å²) in [5.41, 5.74) is -0.736. The van der Waals surface area contributed by atoms with Gasteiger partial charge in [0.25, 0.3) is 0 Å². The van der Waals surface area contributed by atoms with Gasteiger partial charge in [-0.1, -0.05) is 23.5 Å². The molecule has 0 unspecified atom stereocenters. The molecule has 4 rings (SSSR count). The van der Waals surface area contributed by atoms with E-state index in [1.807, 2.05) is 22.4 Å². The molecule has 0 saturated carbocycles. The summed E-state index contributed by atoms with van der Waals surface area (Å²) in [6, 6.07) is 8.09. The highest BCUT2D eigenvalue weighted by Gasteiger charge is 2.37. The number of nitrogens with zero attached hydrogens (tertiary/aromatic N) is 2. The van der Waals surface area contributed by atoms with E-state index < -0.39 is 11.7 Å². The Morgan fingerprint density at radius 1 is 1.26 bits per heavy atom. The fraction of sp³-hybridized carbons (Fsp3) is 0.333. The smallest absolute Gasteiger partial charge is 0.355 e. The number of carbonyl (C=O) groups is 1. The van der Waals surface area contributed by atoms with Crippen LogP contribution < -0.4 is 10.2 Å². The van der Waals surface area contributed by atoms with Crippen molar-refractivity contribution in [1.82, 2.24) is 10.3 Å². The topological polar surface area (TPSA) is 45.2 Å². The lowest BCUT2D eigenvalue weighted by Crippen LogP contribution is -2.54. The van der Waals surface area contributed by atoms with E-state index in [0.29, 0.717) is 29.5 Å². The summed E-state index contributed by atoms with van der Waals surface area (Å²) in [7, 11) is 0. The first-order valence-corrected chi connectivity index (χ1v) is 10.1. The average Bonchev–Trinajstić information content (AvgIpc) is 3.21. The van der Waals surface area contributed by atoms with Crippen molar-refractivity contribution < 1.29 is 18.0 Å². The number of amides is 1. The summed E-state index contributed by atoms with van der Waals surface area (Å²) in [6.07, 6.45) is -3.62. The molecule has 1 fully saturated rings. The maximum Gasteiger partial charge on any atom is 0.418 e. The standard InChI is InChI=1S/C18H16F3N3OS2/c19-18(20,21)13-4-1-5-14-15(13)23-17(27-14)24-9-11(10-24)16(25)22-7-6-12-3-2-8-26-12/h1-5,8,11H,6-7,9-10H2,(H,22,25). The Hall–Kier alpha value is -2.13. The third kappa shape index (κ3) is 3.79. The van der Waals surface area contributed by atoms with Crippen molar-refractivity contribution in [3.8, 4) is 0 Å². The second-order valence-electron chi connectivity index (χ2n) is 6.37. The van der Waals surface area contributed by atoms with Gasteiger partial charge in [0.2, 0.25) is 5.91 Å². The number of hydrogen-bond donors (Lipinski definition) is 1. The zero-order valence-electron chi connectivity index (χ0n) is 14.1. The van der Waals surface area contributed by atoms with Crippen molar-refractivity contribution in [3.63, 3.8) is 0 Å². The summed E-state index contributed by atoms with van der Waals surface area (Å²) in [4.78, 5) is 19.5. The molecule has 1 aliphatic rings. The highest BCUT2D eigenvalue weighted by atomic mass is 32.1. The molecular formula is C18H16F3N3OS2. The van der Waals surface area contributed by atoms with Gasteiger partial charge in [-0.3, -0.25) is 4.79 Å². The molecule has 0 spiro atoms. The van der Waals surface area contributed by atoms with E-state index in [1.54, 1.807) is 17.4 Å². The van der Waals surface area contributed by atoms with E-state index in [-0.39, 0.29) is 17.3 Å². The van der Waals surface area contributed by atoms with E-state index >= 15 is 0 Å². The summed E-state index contributed by atoms with van der Waals surface area (Å²) < 4.78 is 39.8. The summed E-state index contributed by atoms with van der Waals surface area (Å²) >= 11 is 2.88. The normalized spacial score (nSPS) is 15.1. The maximum absolute atomic E-state index is 13.1. The minimum absolute atomic E-state index is 0.0140. The predicted molar refractivity (Wildman–Crippen MR) is 101 cm³/mol. The Kier molecular flexibility index (Phi) is 4.81. The Balaban J connectivity index is 1.36. The van der Waals surface area contributed by atoms with Crippen molar-refractivity contribution in [2.75, 3.05) is 24.5 Å². The first-order chi connectivity index (χ1) is 12.9. The lowest BCUT2D eigenvalue weighted by atomic mass is 10.00. The predicted octanol–water partition coefficient (Wildman–Crippen LogP) is 4.17. The molecule has 1 aromatic carbocycles. The van der Waals surface area contributed by atoms with E-state index in [4.69, 9.17) is 0 Å². The number of hydrogen-bond acceptors (Lipinski definition) is 5. The van der Waals surface area contributed by atoms with Crippen LogP contribution in [0.5, 0.6) is 0 Å². The highest BCUT2D eigenvalue weighted by molar-refractivity contribution is 7.22. The number of aromatic nitrogens is 1. The molecule has 1 N–H and O–H groups in total. The van der Waals surface area contributed by atoms with Crippen LogP contribution in [-0.2, 0) is 17.4 Å². The summed E-state index contributed by atoms with van der Waals surface area (Å²) in [5.74, 6) is -0.165. The van der Waals surface area contributed by atoms with Gasteiger partial charge in [0, 0.05) is 24.5 Å². The van der Waals surface area contributed by atoms with E-state index in [9.17, 15) is 18.0 Å². The largest absolute Gasteiger partial charge is 0.418 e. The zero-order valence-corrected chi connectivity index (χ0v) is 15.8. The van der Waals surface area contributed by atoms with Gasteiger partial charge in [-0.25, -0.2) is 4.98 Å². The molecule has 0 bridgehead atoms. The molecule has 1 amide bonds. The first-order valence-electron chi connectivity index (χ1n) is 8.43. The van der Waals surface area contributed by atoms with Crippen molar-refractivity contribution in [1.29, 1.82) is 0 Å². The fourth-order valence-electron chi connectivity index (χ4n) is 3.01. The van der Waals surface area contributed by atoms with Gasteiger partial charge < -0.3 is 10.2 Å². The summed E-state index contributed by atoms with van der Waals surface area (Å²) in [6.45, 7) is 1.55. The number of thiophene rings is 1. The molecule has 1 aliphatic heterocycles. The number of carbonyl (C=O) groups excluding carboxylic acids is 1. The molecule has 2 aromatic heterocycles. The first kappa shape index (κ1) is 18.2. The molecule has 3 heterocycles. The van der Waals surface area contributed by atoms with Crippen molar-refractivity contribution in [2.24, 2.45) is 5.92 Å². The number of anilines is 1. The van der Waals surface area contributed by atoms with Gasteiger partial charge >= 0.3 is 6.18 Å². The molecule has 0 atom stereocenters. The minimum Gasteiger partial charge on any atom is -0.355 e. The SMILES string of the molecule is O=C(NCCc1cccs1)C1CN(c2nc3c(C(F)(F)F)cccc3s2)C1. The fourth-order valence-corrected chi connectivity index (χ4v) is 4.73. The molecule has 4 nitrogen and oxygen atoms in total. The van der Waals surface area contributed by atoms with Gasteiger partial charge in [0.1, 0.15) is 0 Å². The van der Waals surface area contributed by atoms with E-state index in [1.165, 1.54) is 22.3 Å². The van der Waals surface area contributed by atoms with Crippen LogP contribution in [0, 0.1) is 5.92 Å². The third-order valence-electron chi connectivity index (χ3n) is 4.49. The van der Waals surface area contributed by atoms with Crippen molar-refractivity contribution >= 4 is 43.9 Å². The number of rotatable bonds is 5. The quantitative estimate of drug-likeness (QED) is 0.685. The third-order valence-corrected chi connectivity index (χ3v) is 6.50. The van der Waals surface area contributed by atoms with Crippen LogP contribution in [0.1, 0.15) is 10.4 Å². The van der Waals surface area contributed by atoms with Crippen LogP contribution in [0.2, 0.25) is 0 Å². The maximum atomic E-state index is 13.1.